The van der Waals surface area contributed by atoms with E-state index in [-0.39, 0.29) is 5.56 Å². The fraction of sp³-hybridized carbons (Fsp3) is 0.417. The van der Waals surface area contributed by atoms with Gasteiger partial charge in [-0.25, -0.2) is 9.18 Å². The van der Waals surface area contributed by atoms with E-state index in [1.807, 2.05) is 0 Å². The minimum absolute atomic E-state index is 0.0486. The van der Waals surface area contributed by atoms with E-state index < -0.39 is 30.1 Å². The molecule has 0 spiro atoms. The maximum Gasteiger partial charge on any atom is 0.337 e. The zero-order valence-electron chi connectivity index (χ0n) is 9.63. The summed E-state index contributed by atoms with van der Waals surface area (Å²) in [6, 6.07) is 5.52. The number of aliphatic hydroxyl groups excluding tert-OH is 1. The number of aliphatic carboxylic acids is 1. The highest BCUT2D eigenvalue weighted by Crippen LogP contribution is 2.23. The van der Waals surface area contributed by atoms with E-state index >= 15 is 0 Å². The SMILES string of the molecule is CC(O)C(C)OC(C(=O)O)c1ccccc1F. The number of benzene rings is 1. The highest BCUT2D eigenvalue weighted by molar-refractivity contribution is 5.74. The van der Waals surface area contributed by atoms with Crippen LogP contribution in [0, 0.1) is 5.82 Å². The van der Waals surface area contributed by atoms with Gasteiger partial charge in [0.05, 0.1) is 12.2 Å². The highest BCUT2D eigenvalue weighted by atomic mass is 19.1. The summed E-state index contributed by atoms with van der Waals surface area (Å²) < 4.78 is 18.6. The third kappa shape index (κ3) is 3.51. The maximum absolute atomic E-state index is 13.4. The van der Waals surface area contributed by atoms with E-state index in [4.69, 9.17) is 9.84 Å². The molecule has 0 saturated carbocycles. The molecule has 1 aromatic carbocycles. The van der Waals surface area contributed by atoms with Crippen LogP contribution in [0.15, 0.2) is 24.3 Å². The molecule has 1 aromatic rings. The molecule has 1 rings (SSSR count). The van der Waals surface area contributed by atoms with Crippen LogP contribution in [0.4, 0.5) is 4.39 Å². The molecule has 3 atom stereocenters. The number of aliphatic hydroxyl groups is 1. The lowest BCUT2D eigenvalue weighted by molar-refractivity contribution is -0.158. The summed E-state index contributed by atoms with van der Waals surface area (Å²) in [7, 11) is 0. The van der Waals surface area contributed by atoms with Gasteiger partial charge in [-0.05, 0) is 19.9 Å². The first-order chi connectivity index (χ1) is 7.93. The summed E-state index contributed by atoms with van der Waals surface area (Å²) in [5.74, 6) is -1.93. The summed E-state index contributed by atoms with van der Waals surface area (Å²) in [5, 5.41) is 18.3. The molecule has 0 aliphatic heterocycles. The van der Waals surface area contributed by atoms with Gasteiger partial charge in [0.25, 0.3) is 0 Å². The molecule has 0 aliphatic carbocycles. The van der Waals surface area contributed by atoms with Crippen LogP contribution >= 0.6 is 0 Å². The van der Waals surface area contributed by atoms with Crippen LogP contribution in [0.2, 0.25) is 0 Å². The zero-order chi connectivity index (χ0) is 13.0. The third-order valence-electron chi connectivity index (χ3n) is 2.44. The first-order valence-corrected chi connectivity index (χ1v) is 5.24. The number of ether oxygens (including phenoxy) is 1. The molecule has 2 N–H and O–H groups in total. The smallest absolute Gasteiger partial charge is 0.337 e. The minimum atomic E-state index is -1.42. The van der Waals surface area contributed by atoms with Gasteiger partial charge >= 0.3 is 5.97 Å². The van der Waals surface area contributed by atoms with Crippen molar-refractivity contribution in [2.45, 2.75) is 32.2 Å². The molecule has 0 radical (unpaired) electrons. The van der Waals surface area contributed by atoms with Crippen molar-refractivity contribution in [3.8, 4) is 0 Å². The Labute approximate surface area is 98.7 Å². The predicted molar refractivity (Wildman–Crippen MR) is 59.0 cm³/mol. The van der Waals surface area contributed by atoms with Crippen molar-refractivity contribution in [1.82, 2.24) is 0 Å². The molecule has 94 valence electrons. The topological polar surface area (TPSA) is 66.8 Å². The molecule has 0 aromatic heterocycles. The van der Waals surface area contributed by atoms with Gasteiger partial charge in [-0.15, -0.1) is 0 Å². The molecular formula is C12H15FO4. The van der Waals surface area contributed by atoms with E-state index in [1.54, 1.807) is 0 Å². The van der Waals surface area contributed by atoms with Crippen LogP contribution in [0.3, 0.4) is 0 Å². The van der Waals surface area contributed by atoms with Gasteiger partial charge in [0.2, 0.25) is 0 Å². The Balaban J connectivity index is 2.95. The molecule has 0 bridgehead atoms. The van der Waals surface area contributed by atoms with Crippen molar-refractivity contribution in [2.24, 2.45) is 0 Å². The van der Waals surface area contributed by atoms with E-state index in [1.165, 1.54) is 38.1 Å². The van der Waals surface area contributed by atoms with E-state index in [2.05, 4.69) is 0 Å². The number of hydrogen-bond acceptors (Lipinski definition) is 3. The van der Waals surface area contributed by atoms with Crippen LogP contribution in [-0.2, 0) is 9.53 Å². The quantitative estimate of drug-likeness (QED) is 0.825. The molecule has 0 heterocycles. The average molecular weight is 242 g/mol. The molecule has 0 amide bonds. The van der Waals surface area contributed by atoms with Crippen molar-refractivity contribution in [1.29, 1.82) is 0 Å². The summed E-state index contributed by atoms with van der Waals surface area (Å²) in [6.45, 7) is 3.01. The lowest BCUT2D eigenvalue weighted by Crippen LogP contribution is -2.28. The molecule has 4 nitrogen and oxygen atoms in total. The Morgan fingerprint density at radius 3 is 2.41 bits per heavy atom. The first-order valence-electron chi connectivity index (χ1n) is 5.24. The summed E-state index contributed by atoms with van der Waals surface area (Å²) in [6.07, 6.45) is -2.94. The Bertz CT molecular complexity index is 392. The third-order valence-corrected chi connectivity index (χ3v) is 2.44. The highest BCUT2D eigenvalue weighted by Gasteiger charge is 2.27. The van der Waals surface area contributed by atoms with Gasteiger partial charge in [-0.1, -0.05) is 18.2 Å². The Morgan fingerprint density at radius 2 is 1.94 bits per heavy atom. The normalized spacial score (nSPS) is 16.2. The molecule has 3 unspecified atom stereocenters. The molecule has 5 heteroatoms. The lowest BCUT2D eigenvalue weighted by atomic mass is 10.1. The number of rotatable bonds is 5. The summed E-state index contributed by atoms with van der Waals surface area (Å²) in [5.41, 5.74) is -0.0486. The fourth-order valence-electron chi connectivity index (χ4n) is 1.28. The lowest BCUT2D eigenvalue weighted by Gasteiger charge is -2.21. The standard InChI is InChI=1S/C12H15FO4/c1-7(14)8(2)17-11(12(15)16)9-5-3-4-6-10(9)13/h3-8,11,14H,1-2H3,(H,15,16). The van der Waals surface area contributed by atoms with Gasteiger partial charge in [-0.2, -0.15) is 0 Å². The number of hydrogen-bond donors (Lipinski definition) is 2. The van der Waals surface area contributed by atoms with Crippen LogP contribution in [0.5, 0.6) is 0 Å². The fourth-order valence-corrected chi connectivity index (χ4v) is 1.28. The molecule has 0 saturated heterocycles. The number of halogens is 1. The van der Waals surface area contributed by atoms with Gasteiger partial charge in [0.1, 0.15) is 5.82 Å². The number of carbonyl (C=O) groups is 1. The van der Waals surface area contributed by atoms with Crippen molar-refractivity contribution in [3.63, 3.8) is 0 Å². The van der Waals surface area contributed by atoms with E-state index in [0.29, 0.717) is 0 Å². The van der Waals surface area contributed by atoms with Crippen LogP contribution in [-0.4, -0.2) is 28.4 Å². The second-order valence-electron chi connectivity index (χ2n) is 3.82. The van der Waals surface area contributed by atoms with Crippen LogP contribution in [0.25, 0.3) is 0 Å². The van der Waals surface area contributed by atoms with Crippen molar-refractivity contribution in [2.75, 3.05) is 0 Å². The zero-order valence-corrected chi connectivity index (χ0v) is 9.63. The van der Waals surface area contributed by atoms with E-state index in [0.717, 1.165) is 0 Å². The van der Waals surface area contributed by atoms with E-state index in [9.17, 15) is 14.3 Å². The van der Waals surface area contributed by atoms with Crippen molar-refractivity contribution in [3.05, 3.63) is 35.6 Å². The van der Waals surface area contributed by atoms with Crippen molar-refractivity contribution < 1.29 is 24.1 Å². The monoisotopic (exact) mass is 242 g/mol. The largest absolute Gasteiger partial charge is 0.479 e. The average Bonchev–Trinajstić information content (AvgIpc) is 2.26. The predicted octanol–water partition coefficient (Wildman–Crippen LogP) is 1.74. The summed E-state index contributed by atoms with van der Waals surface area (Å²) >= 11 is 0. The van der Waals surface area contributed by atoms with Gasteiger partial charge in [-0.3, -0.25) is 0 Å². The Hall–Kier alpha value is -1.46. The van der Waals surface area contributed by atoms with Gasteiger partial charge in [0, 0.05) is 5.56 Å². The maximum atomic E-state index is 13.4. The van der Waals surface area contributed by atoms with Crippen LogP contribution in [0.1, 0.15) is 25.5 Å². The molecular weight excluding hydrogens is 227 g/mol. The Morgan fingerprint density at radius 1 is 1.35 bits per heavy atom. The second kappa shape index (κ2) is 5.75. The summed E-state index contributed by atoms with van der Waals surface area (Å²) in [4.78, 5) is 11.0. The molecule has 0 aliphatic rings. The number of carboxylic acid groups (broad SMARTS) is 1. The van der Waals surface area contributed by atoms with Crippen molar-refractivity contribution >= 4 is 5.97 Å². The van der Waals surface area contributed by atoms with Crippen LogP contribution < -0.4 is 0 Å². The molecule has 0 fully saturated rings. The molecule has 17 heavy (non-hydrogen) atoms. The first kappa shape index (κ1) is 13.6. The Kier molecular flexibility index (Phi) is 4.60. The van der Waals surface area contributed by atoms with Gasteiger partial charge in [0.15, 0.2) is 6.10 Å². The number of carboxylic acids is 1. The minimum Gasteiger partial charge on any atom is -0.479 e. The van der Waals surface area contributed by atoms with Gasteiger partial charge < -0.3 is 14.9 Å². The second-order valence-corrected chi connectivity index (χ2v) is 3.82.